The molecule has 2 unspecified atom stereocenters. The molecule has 0 radical (unpaired) electrons. The van der Waals surface area contributed by atoms with E-state index >= 15 is 0 Å². The molecule has 1 aliphatic heterocycles. The molecule has 0 amide bonds. The molecule has 1 fully saturated rings. The summed E-state index contributed by atoms with van der Waals surface area (Å²) in [5.41, 5.74) is 1.05. The molecule has 0 spiro atoms. The van der Waals surface area contributed by atoms with Crippen LogP contribution in [-0.2, 0) is 4.74 Å². The van der Waals surface area contributed by atoms with E-state index in [1.54, 1.807) is 14.2 Å². The van der Waals surface area contributed by atoms with Gasteiger partial charge in [-0.1, -0.05) is 18.5 Å². The quantitative estimate of drug-likeness (QED) is 0.837. The molecule has 0 aliphatic carbocycles. The van der Waals surface area contributed by atoms with Crippen molar-refractivity contribution in [3.8, 4) is 11.5 Å². The molecule has 21 heavy (non-hydrogen) atoms. The Morgan fingerprint density at radius 1 is 1.33 bits per heavy atom. The first-order valence-electron chi connectivity index (χ1n) is 7.43. The van der Waals surface area contributed by atoms with Crippen LogP contribution < -0.4 is 14.8 Å². The Labute approximate surface area is 131 Å². The van der Waals surface area contributed by atoms with Crippen LogP contribution in [0.1, 0.15) is 31.4 Å². The molecule has 1 saturated heterocycles. The second-order valence-corrected chi connectivity index (χ2v) is 5.69. The minimum atomic E-state index is 0.180. The Bertz CT molecular complexity index is 461. The van der Waals surface area contributed by atoms with Gasteiger partial charge in [-0.15, -0.1) is 0 Å². The monoisotopic (exact) mass is 313 g/mol. The first-order chi connectivity index (χ1) is 10.2. The van der Waals surface area contributed by atoms with E-state index in [0.717, 1.165) is 38.2 Å². The molecule has 2 rings (SSSR count). The third kappa shape index (κ3) is 3.82. The van der Waals surface area contributed by atoms with E-state index in [0.29, 0.717) is 22.4 Å². The van der Waals surface area contributed by atoms with Crippen molar-refractivity contribution < 1.29 is 14.2 Å². The zero-order valence-corrected chi connectivity index (χ0v) is 13.7. The van der Waals surface area contributed by atoms with Crippen LogP contribution in [0.4, 0.5) is 0 Å². The fourth-order valence-corrected chi connectivity index (χ4v) is 3.03. The van der Waals surface area contributed by atoms with Gasteiger partial charge >= 0.3 is 0 Å². The van der Waals surface area contributed by atoms with Crippen LogP contribution in [0.3, 0.4) is 0 Å². The largest absolute Gasteiger partial charge is 0.493 e. The summed E-state index contributed by atoms with van der Waals surface area (Å²) in [5, 5.41) is 4.30. The second kappa shape index (κ2) is 7.87. The highest BCUT2D eigenvalue weighted by Gasteiger charge is 2.29. The standard InChI is InChI=1S/C16H24ClNO3/c1-4-6-18-16(11-5-7-21-10-11)12-8-14(19-2)15(20-3)9-13(12)17/h8-9,11,16,18H,4-7,10H2,1-3H3. The third-order valence-electron chi connectivity index (χ3n) is 3.89. The number of benzene rings is 1. The van der Waals surface area contributed by atoms with Crippen LogP contribution in [0, 0.1) is 5.92 Å². The number of hydrogen-bond donors (Lipinski definition) is 1. The predicted octanol–water partition coefficient (Wildman–Crippen LogP) is 3.43. The van der Waals surface area contributed by atoms with Gasteiger partial charge in [0.1, 0.15) is 0 Å². The number of hydrogen-bond acceptors (Lipinski definition) is 4. The Hall–Kier alpha value is -0.970. The Morgan fingerprint density at radius 2 is 2.05 bits per heavy atom. The molecular formula is C16H24ClNO3. The van der Waals surface area contributed by atoms with E-state index in [2.05, 4.69) is 12.2 Å². The van der Waals surface area contributed by atoms with Crippen LogP contribution in [-0.4, -0.2) is 34.0 Å². The molecule has 2 atom stereocenters. The maximum Gasteiger partial charge on any atom is 0.162 e. The molecule has 5 heteroatoms. The molecule has 1 aromatic rings. The van der Waals surface area contributed by atoms with Gasteiger partial charge in [0.15, 0.2) is 11.5 Å². The van der Waals surface area contributed by atoms with Crippen LogP contribution in [0.5, 0.6) is 11.5 Å². The molecule has 0 bridgehead atoms. The zero-order chi connectivity index (χ0) is 15.2. The van der Waals surface area contributed by atoms with Crippen LogP contribution in [0.2, 0.25) is 5.02 Å². The van der Waals surface area contributed by atoms with E-state index in [-0.39, 0.29) is 6.04 Å². The average Bonchev–Trinajstić information content (AvgIpc) is 3.02. The molecule has 0 aromatic heterocycles. The minimum Gasteiger partial charge on any atom is -0.493 e. The van der Waals surface area contributed by atoms with Crippen molar-refractivity contribution in [3.63, 3.8) is 0 Å². The van der Waals surface area contributed by atoms with Crippen molar-refractivity contribution in [2.45, 2.75) is 25.8 Å². The highest BCUT2D eigenvalue weighted by Crippen LogP contribution is 2.39. The van der Waals surface area contributed by atoms with Gasteiger partial charge < -0.3 is 19.5 Å². The summed E-state index contributed by atoms with van der Waals surface area (Å²) < 4.78 is 16.3. The summed E-state index contributed by atoms with van der Waals surface area (Å²) >= 11 is 6.47. The zero-order valence-electron chi connectivity index (χ0n) is 12.9. The Kier molecular flexibility index (Phi) is 6.15. The van der Waals surface area contributed by atoms with Crippen molar-refractivity contribution in [3.05, 3.63) is 22.7 Å². The fraction of sp³-hybridized carbons (Fsp3) is 0.625. The van der Waals surface area contributed by atoms with Crippen molar-refractivity contribution in [1.82, 2.24) is 5.32 Å². The van der Waals surface area contributed by atoms with Crippen molar-refractivity contribution in [1.29, 1.82) is 0 Å². The van der Waals surface area contributed by atoms with Gasteiger partial charge in [0.25, 0.3) is 0 Å². The molecule has 0 saturated carbocycles. The van der Waals surface area contributed by atoms with Gasteiger partial charge in [-0.25, -0.2) is 0 Å². The summed E-state index contributed by atoms with van der Waals surface area (Å²) in [5.74, 6) is 1.80. The molecule has 118 valence electrons. The summed E-state index contributed by atoms with van der Waals surface area (Å²) in [4.78, 5) is 0. The maximum atomic E-state index is 6.47. The molecule has 1 heterocycles. The molecular weight excluding hydrogens is 290 g/mol. The van der Waals surface area contributed by atoms with Crippen LogP contribution >= 0.6 is 11.6 Å². The van der Waals surface area contributed by atoms with E-state index < -0.39 is 0 Å². The lowest BCUT2D eigenvalue weighted by molar-refractivity contribution is 0.176. The van der Waals surface area contributed by atoms with E-state index in [9.17, 15) is 0 Å². The van der Waals surface area contributed by atoms with Crippen molar-refractivity contribution >= 4 is 11.6 Å². The number of halogens is 1. The highest BCUT2D eigenvalue weighted by molar-refractivity contribution is 6.31. The van der Waals surface area contributed by atoms with Gasteiger partial charge in [-0.3, -0.25) is 0 Å². The summed E-state index contributed by atoms with van der Waals surface area (Å²) in [6.45, 7) is 4.70. The lowest BCUT2D eigenvalue weighted by Crippen LogP contribution is -2.29. The fourth-order valence-electron chi connectivity index (χ4n) is 2.75. The Morgan fingerprint density at radius 3 is 2.62 bits per heavy atom. The van der Waals surface area contributed by atoms with Crippen molar-refractivity contribution in [2.75, 3.05) is 34.0 Å². The minimum absolute atomic E-state index is 0.180. The first kappa shape index (κ1) is 16.4. The van der Waals surface area contributed by atoms with Crippen LogP contribution in [0.15, 0.2) is 12.1 Å². The summed E-state index contributed by atoms with van der Waals surface area (Å²) in [6.07, 6.45) is 2.13. The van der Waals surface area contributed by atoms with Gasteiger partial charge in [0.05, 0.1) is 20.8 Å². The number of rotatable bonds is 7. The molecule has 1 aromatic carbocycles. The summed E-state index contributed by atoms with van der Waals surface area (Å²) in [7, 11) is 3.26. The molecule has 1 N–H and O–H groups in total. The topological polar surface area (TPSA) is 39.7 Å². The third-order valence-corrected chi connectivity index (χ3v) is 4.22. The van der Waals surface area contributed by atoms with Gasteiger partial charge in [-0.05, 0) is 31.0 Å². The number of methoxy groups -OCH3 is 2. The first-order valence-corrected chi connectivity index (χ1v) is 7.81. The summed E-state index contributed by atoms with van der Waals surface area (Å²) in [6, 6.07) is 3.98. The van der Waals surface area contributed by atoms with E-state index in [1.807, 2.05) is 12.1 Å². The lowest BCUT2D eigenvalue weighted by Gasteiger charge is -2.26. The second-order valence-electron chi connectivity index (χ2n) is 5.28. The number of ether oxygens (including phenoxy) is 3. The molecule has 1 aliphatic rings. The SMILES string of the molecule is CCCNC(c1cc(OC)c(OC)cc1Cl)C1CCOC1. The van der Waals surface area contributed by atoms with Crippen LogP contribution in [0.25, 0.3) is 0 Å². The maximum absolute atomic E-state index is 6.47. The smallest absolute Gasteiger partial charge is 0.162 e. The van der Waals surface area contributed by atoms with Gasteiger partial charge in [0, 0.05) is 29.7 Å². The van der Waals surface area contributed by atoms with E-state index in [1.165, 1.54) is 0 Å². The average molecular weight is 314 g/mol. The Balaban J connectivity index is 2.33. The highest BCUT2D eigenvalue weighted by atomic mass is 35.5. The normalized spacial score (nSPS) is 19.5. The van der Waals surface area contributed by atoms with Gasteiger partial charge in [0.2, 0.25) is 0 Å². The molecule has 4 nitrogen and oxygen atoms in total. The van der Waals surface area contributed by atoms with E-state index in [4.69, 9.17) is 25.8 Å². The number of nitrogens with one attached hydrogen (secondary N) is 1. The lowest BCUT2D eigenvalue weighted by atomic mass is 9.91. The van der Waals surface area contributed by atoms with Crippen molar-refractivity contribution in [2.24, 2.45) is 5.92 Å². The predicted molar refractivity (Wildman–Crippen MR) is 84.5 cm³/mol. The van der Waals surface area contributed by atoms with Gasteiger partial charge in [-0.2, -0.15) is 0 Å².